The maximum Gasteiger partial charge on any atom is 0.429 e. The lowest BCUT2D eigenvalue weighted by Gasteiger charge is -2.31. The van der Waals surface area contributed by atoms with Gasteiger partial charge < -0.3 is 24.1 Å². The summed E-state index contributed by atoms with van der Waals surface area (Å²) in [7, 11) is 2.44. The summed E-state index contributed by atoms with van der Waals surface area (Å²) in [4.78, 5) is 11.0. The number of methoxy groups -OCH3 is 2. The van der Waals surface area contributed by atoms with Crippen molar-refractivity contribution in [3.8, 4) is 17.2 Å². The Bertz CT molecular complexity index is 700. The second kappa shape index (κ2) is 6.01. The van der Waals surface area contributed by atoms with Crippen LogP contribution in [-0.2, 0) is 4.79 Å². The third kappa shape index (κ3) is 2.88. The van der Waals surface area contributed by atoms with Gasteiger partial charge in [0, 0.05) is 11.1 Å². The molecule has 0 radical (unpaired) electrons. The van der Waals surface area contributed by atoms with E-state index in [1.54, 1.807) is 0 Å². The topological polar surface area (TPSA) is 67.8 Å². The van der Waals surface area contributed by atoms with Gasteiger partial charge in [0.2, 0.25) is 6.10 Å². The normalized spacial score (nSPS) is 17.0. The Morgan fingerprint density at radius 2 is 1.74 bits per heavy atom. The van der Waals surface area contributed by atoms with E-state index in [1.807, 2.05) is 0 Å². The SMILES string of the molecule is COc1c(Cl)c2c(c(Cl)c1OC)OC(C(F)(F)F)C(C(=O)[O-])=C2. The molecule has 0 aromatic heterocycles. The van der Waals surface area contributed by atoms with Crippen LogP contribution in [0, 0.1) is 0 Å². The second-order valence-electron chi connectivity index (χ2n) is 4.36. The molecular weight excluding hydrogens is 364 g/mol. The number of aliphatic carboxylic acids is 1. The predicted octanol–water partition coefficient (Wildman–Crippen LogP) is 2.47. The molecular formula is C13H8Cl2F3O5-. The van der Waals surface area contributed by atoms with Crippen molar-refractivity contribution in [2.24, 2.45) is 0 Å². The maximum atomic E-state index is 13.0. The Morgan fingerprint density at radius 1 is 1.22 bits per heavy atom. The van der Waals surface area contributed by atoms with Crippen LogP contribution >= 0.6 is 23.2 Å². The van der Waals surface area contributed by atoms with E-state index >= 15 is 0 Å². The molecule has 1 heterocycles. The summed E-state index contributed by atoms with van der Waals surface area (Å²) in [6.45, 7) is 0. The molecule has 1 aliphatic heterocycles. The highest BCUT2D eigenvalue weighted by Crippen LogP contribution is 2.53. The van der Waals surface area contributed by atoms with Gasteiger partial charge in [0.15, 0.2) is 17.2 Å². The van der Waals surface area contributed by atoms with Gasteiger partial charge in [0.05, 0.1) is 25.2 Å². The van der Waals surface area contributed by atoms with E-state index in [0.717, 1.165) is 0 Å². The van der Waals surface area contributed by atoms with Crippen LogP contribution in [0.1, 0.15) is 5.56 Å². The largest absolute Gasteiger partial charge is 0.545 e. The molecule has 126 valence electrons. The van der Waals surface area contributed by atoms with Gasteiger partial charge in [0.25, 0.3) is 0 Å². The van der Waals surface area contributed by atoms with Crippen LogP contribution in [0.5, 0.6) is 17.2 Å². The number of hydrogen-bond acceptors (Lipinski definition) is 5. The Labute approximate surface area is 138 Å². The first-order valence-corrected chi connectivity index (χ1v) is 6.68. The average molecular weight is 372 g/mol. The number of ether oxygens (including phenoxy) is 3. The molecule has 0 fully saturated rings. The first-order chi connectivity index (χ1) is 10.6. The van der Waals surface area contributed by atoms with E-state index in [9.17, 15) is 23.1 Å². The molecule has 1 aliphatic rings. The fourth-order valence-corrected chi connectivity index (χ4v) is 2.69. The lowest BCUT2D eigenvalue weighted by atomic mass is 10.0. The van der Waals surface area contributed by atoms with Crippen LogP contribution in [0.15, 0.2) is 5.57 Å². The van der Waals surface area contributed by atoms with Crippen molar-refractivity contribution in [3.63, 3.8) is 0 Å². The standard InChI is InChI=1S/C13H9Cl2F3O5/c1-21-9-6(14)4-3-5(12(19)20)11(13(16,17)18)23-8(4)7(15)10(9)22-2/h3,11H,1-2H3,(H,19,20)/p-1. The van der Waals surface area contributed by atoms with Crippen molar-refractivity contribution in [3.05, 3.63) is 21.2 Å². The molecule has 0 spiro atoms. The molecule has 5 nitrogen and oxygen atoms in total. The summed E-state index contributed by atoms with van der Waals surface area (Å²) in [6, 6.07) is 0. The van der Waals surface area contributed by atoms with Crippen molar-refractivity contribution in [2.45, 2.75) is 12.3 Å². The minimum absolute atomic E-state index is 0.0686. The molecule has 2 rings (SSSR count). The van der Waals surface area contributed by atoms with Crippen molar-refractivity contribution in [2.75, 3.05) is 14.2 Å². The smallest absolute Gasteiger partial charge is 0.429 e. The van der Waals surface area contributed by atoms with E-state index in [4.69, 9.17) is 37.4 Å². The first-order valence-electron chi connectivity index (χ1n) is 5.92. The molecule has 1 aromatic rings. The monoisotopic (exact) mass is 371 g/mol. The number of carboxylic acids is 1. The number of carboxylic acid groups (broad SMARTS) is 1. The molecule has 1 aromatic carbocycles. The Hall–Kier alpha value is -1.80. The highest BCUT2D eigenvalue weighted by atomic mass is 35.5. The molecule has 10 heteroatoms. The number of halogens is 5. The number of hydrogen-bond donors (Lipinski definition) is 0. The van der Waals surface area contributed by atoms with Crippen LogP contribution in [0.4, 0.5) is 13.2 Å². The van der Waals surface area contributed by atoms with Gasteiger partial charge in [-0.2, -0.15) is 13.2 Å². The summed E-state index contributed by atoms with van der Waals surface area (Å²) in [6.07, 6.45) is -7.04. The van der Waals surface area contributed by atoms with Crippen LogP contribution < -0.4 is 19.3 Å². The Kier molecular flexibility index (Phi) is 4.59. The molecule has 0 aliphatic carbocycles. The van der Waals surface area contributed by atoms with E-state index in [-0.39, 0.29) is 27.1 Å². The summed E-state index contributed by atoms with van der Waals surface area (Å²) in [5.41, 5.74) is -1.30. The molecule has 0 bridgehead atoms. The molecule has 0 N–H and O–H groups in total. The summed E-state index contributed by atoms with van der Waals surface area (Å²) in [5.74, 6) is -2.70. The lowest BCUT2D eigenvalue weighted by molar-refractivity contribution is -0.302. The molecule has 0 saturated heterocycles. The number of benzene rings is 1. The fourth-order valence-electron chi connectivity index (χ4n) is 2.07. The van der Waals surface area contributed by atoms with Crippen molar-refractivity contribution >= 4 is 35.2 Å². The molecule has 1 atom stereocenters. The van der Waals surface area contributed by atoms with Crippen LogP contribution in [0.3, 0.4) is 0 Å². The fraction of sp³-hybridized carbons (Fsp3) is 0.308. The summed E-state index contributed by atoms with van der Waals surface area (Å²) < 4.78 is 53.8. The Morgan fingerprint density at radius 3 is 2.17 bits per heavy atom. The van der Waals surface area contributed by atoms with E-state index in [2.05, 4.69) is 0 Å². The van der Waals surface area contributed by atoms with Gasteiger partial charge in [-0.1, -0.05) is 23.2 Å². The van der Waals surface area contributed by atoms with Gasteiger partial charge in [0.1, 0.15) is 5.02 Å². The van der Waals surface area contributed by atoms with E-state index in [1.165, 1.54) is 14.2 Å². The second-order valence-corrected chi connectivity index (χ2v) is 5.12. The third-order valence-corrected chi connectivity index (χ3v) is 3.76. The van der Waals surface area contributed by atoms with Gasteiger partial charge in [-0.05, 0) is 6.08 Å². The third-order valence-electron chi connectivity index (χ3n) is 3.04. The number of alkyl halides is 3. The highest BCUT2D eigenvalue weighted by molar-refractivity contribution is 6.38. The quantitative estimate of drug-likeness (QED) is 0.816. The van der Waals surface area contributed by atoms with E-state index in [0.29, 0.717) is 6.08 Å². The summed E-state index contributed by atoms with van der Waals surface area (Å²) >= 11 is 12.0. The van der Waals surface area contributed by atoms with E-state index < -0.39 is 29.6 Å². The Balaban J connectivity index is 2.78. The first kappa shape index (κ1) is 17.6. The van der Waals surface area contributed by atoms with Crippen molar-refractivity contribution < 1.29 is 37.3 Å². The lowest BCUT2D eigenvalue weighted by Crippen LogP contribution is -2.44. The van der Waals surface area contributed by atoms with Gasteiger partial charge in [-0.3, -0.25) is 0 Å². The van der Waals surface area contributed by atoms with Crippen LogP contribution in [-0.4, -0.2) is 32.5 Å². The number of rotatable bonds is 3. The molecule has 0 amide bonds. The van der Waals surface area contributed by atoms with Crippen molar-refractivity contribution in [1.82, 2.24) is 0 Å². The molecule has 1 unspecified atom stereocenters. The predicted molar refractivity (Wildman–Crippen MR) is 73.0 cm³/mol. The zero-order valence-electron chi connectivity index (χ0n) is 11.6. The van der Waals surface area contributed by atoms with Crippen LogP contribution in [0.25, 0.3) is 6.08 Å². The molecule has 0 saturated carbocycles. The zero-order chi connectivity index (χ0) is 17.5. The molecule has 23 heavy (non-hydrogen) atoms. The van der Waals surface area contributed by atoms with Gasteiger partial charge in [-0.25, -0.2) is 0 Å². The van der Waals surface area contributed by atoms with Gasteiger partial charge in [-0.15, -0.1) is 0 Å². The number of fused-ring (bicyclic) bond motifs is 1. The zero-order valence-corrected chi connectivity index (χ0v) is 13.1. The number of carbonyl (C=O) groups is 1. The van der Waals surface area contributed by atoms with Crippen LogP contribution in [0.2, 0.25) is 10.0 Å². The summed E-state index contributed by atoms with van der Waals surface area (Å²) in [5, 5.41) is 10.5. The number of carbonyl (C=O) groups excluding carboxylic acids is 1. The highest BCUT2D eigenvalue weighted by Gasteiger charge is 2.47. The average Bonchev–Trinajstić information content (AvgIpc) is 2.48. The van der Waals surface area contributed by atoms with Crippen molar-refractivity contribution in [1.29, 1.82) is 0 Å². The minimum atomic E-state index is -4.99. The maximum absolute atomic E-state index is 13.0. The van der Waals surface area contributed by atoms with Gasteiger partial charge >= 0.3 is 6.18 Å². The minimum Gasteiger partial charge on any atom is -0.545 e.